The Morgan fingerprint density at radius 3 is 2.82 bits per heavy atom. The zero-order valence-electron chi connectivity index (χ0n) is 8.70. The van der Waals surface area contributed by atoms with Crippen LogP contribution in [0.2, 0.25) is 5.02 Å². The van der Waals surface area contributed by atoms with Crippen molar-refractivity contribution in [3.05, 3.63) is 38.3 Å². The molecule has 1 aromatic carbocycles. The van der Waals surface area contributed by atoms with Crippen LogP contribution in [0.25, 0.3) is 0 Å². The fourth-order valence-corrected chi connectivity index (χ4v) is 2.63. The van der Waals surface area contributed by atoms with Crippen LogP contribution in [0.5, 0.6) is 0 Å². The maximum Gasteiger partial charge on any atom is 0.258 e. The Morgan fingerprint density at radius 2 is 2.24 bits per heavy atom. The standard InChI is InChI=1S/C10H7BrClN3OS/c1-5-14-15-10(17-5)13-9(16)7-3-2-6(12)4-8(7)11/h2-4H,1H3,(H,13,15,16). The van der Waals surface area contributed by atoms with Gasteiger partial charge in [0, 0.05) is 9.50 Å². The highest BCUT2D eigenvalue weighted by Gasteiger charge is 2.12. The number of hydrogen-bond acceptors (Lipinski definition) is 4. The van der Waals surface area contributed by atoms with Gasteiger partial charge in [0.05, 0.1) is 5.56 Å². The third-order valence-electron chi connectivity index (χ3n) is 1.92. The van der Waals surface area contributed by atoms with Crippen LogP contribution in [0.3, 0.4) is 0 Å². The molecule has 1 amide bonds. The quantitative estimate of drug-likeness (QED) is 0.915. The van der Waals surface area contributed by atoms with Crippen LogP contribution in [0.4, 0.5) is 5.13 Å². The minimum atomic E-state index is -0.246. The fourth-order valence-electron chi connectivity index (χ4n) is 1.19. The van der Waals surface area contributed by atoms with Crippen LogP contribution in [0.1, 0.15) is 15.4 Å². The van der Waals surface area contributed by atoms with Crippen LogP contribution in [0.15, 0.2) is 22.7 Å². The van der Waals surface area contributed by atoms with Crippen molar-refractivity contribution < 1.29 is 4.79 Å². The lowest BCUT2D eigenvalue weighted by Crippen LogP contribution is -2.12. The summed E-state index contributed by atoms with van der Waals surface area (Å²) in [5.74, 6) is -0.246. The molecule has 0 atom stereocenters. The van der Waals surface area contributed by atoms with Crippen LogP contribution in [0, 0.1) is 6.92 Å². The predicted octanol–water partition coefficient (Wildman–Crippen LogP) is 3.51. The van der Waals surface area contributed by atoms with Gasteiger partial charge in [0.15, 0.2) is 0 Å². The Morgan fingerprint density at radius 1 is 1.47 bits per heavy atom. The highest BCUT2D eigenvalue weighted by atomic mass is 79.9. The number of carbonyl (C=O) groups is 1. The summed E-state index contributed by atoms with van der Waals surface area (Å²) < 4.78 is 0.642. The molecule has 0 fully saturated rings. The van der Waals surface area contributed by atoms with Crippen LogP contribution >= 0.6 is 38.9 Å². The van der Waals surface area contributed by atoms with Gasteiger partial charge in [0.1, 0.15) is 5.01 Å². The summed E-state index contributed by atoms with van der Waals surface area (Å²) in [6.45, 7) is 1.82. The van der Waals surface area contributed by atoms with Crippen LogP contribution < -0.4 is 5.32 Å². The Kier molecular flexibility index (Phi) is 3.76. The summed E-state index contributed by atoms with van der Waals surface area (Å²) in [4.78, 5) is 11.9. The number of aryl methyl sites for hydroxylation is 1. The van der Waals surface area contributed by atoms with E-state index >= 15 is 0 Å². The first kappa shape index (κ1) is 12.5. The second-order valence-electron chi connectivity index (χ2n) is 3.20. The van der Waals surface area contributed by atoms with E-state index in [1.807, 2.05) is 6.92 Å². The first-order valence-corrected chi connectivity index (χ1v) is 6.61. The molecule has 0 aliphatic carbocycles. The number of carbonyl (C=O) groups excluding carboxylic acids is 1. The Labute approximate surface area is 115 Å². The zero-order chi connectivity index (χ0) is 12.4. The summed E-state index contributed by atoms with van der Waals surface area (Å²) >= 11 is 10.4. The molecule has 4 nitrogen and oxygen atoms in total. The van der Waals surface area contributed by atoms with Crippen molar-refractivity contribution in [1.82, 2.24) is 10.2 Å². The monoisotopic (exact) mass is 331 g/mol. The molecule has 0 bridgehead atoms. The number of anilines is 1. The lowest BCUT2D eigenvalue weighted by atomic mass is 10.2. The smallest absolute Gasteiger partial charge is 0.258 e. The Bertz CT molecular complexity index is 572. The molecule has 17 heavy (non-hydrogen) atoms. The molecule has 0 aliphatic rings. The number of amides is 1. The van der Waals surface area contributed by atoms with Crippen LogP contribution in [-0.2, 0) is 0 Å². The number of nitrogens with zero attached hydrogens (tertiary/aromatic N) is 2. The third-order valence-corrected chi connectivity index (χ3v) is 3.57. The van der Waals surface area contributed by atoms with E-state index < -0.39 is 0 Å². The minimum Gasteiger partial charge on any atom is -0.296 e. The van der Waals surface area contributed by atoms with Crippen molar-refractivity contribution >= 4 is 49.9 Å². The maximum absolute atomic E-state index is 11.9. The molecule has 0 unspecified atom stereocenters. The van der Waals surface area contributed by atoms with E-state index in [1.54, 1.807) is 18.2 Å². The average molecular weight is 333 g/mol. The van der Waals surface area contributed by atoms with Crippen molar-refractivity contribution in [3.8, 4) is 0 Å². The SMILES string of the molecule is Cc1nnc(NC(=O)c2ccc(Cl)cc2Br)s1. The number of hydrogen-bond donors (Lipinski definition) is 1. The number of rotatable bonds is 2. The van der Waals surface area contributed by atoms with Gasteiger partial charge in [-0.2, -0.15) is 0 Å². The summed E-state index contributed by atoms with van der Waals surface area (Å²) in [6, 6.07) is 4.98. The molecule has 2 aromatic rings. The third kappa shape index (κ3) is 3.02. The predicted molar refractivity (Wildman–Crippen MR) is 71.8 cm³/mol. The van der Waals surface area contributed by atoms with Gasteiger partial charge in [0.25, 0.3) is 5.91 Å². The first-order chi connectivity index (χ1) is 8.06. The lowest BCUT2D eigenvalue weighted by Gasteiger charge is -2.03. The Balaban J connectivity index is 2.20. The topological polar surface area (TPSA) is 54.9 Å². The molecule has 7 heteroatoms. The van der Waals surface area contributed by atoms with E-state index in [1.165, 1.54) is 11.3 Å². The summed E-state index contributed by atoms with van der Waals surface area (Å²) in [5, 5.41) is 12.2. The van der Waals surface area contributed by atoms with Gasteiger partial charge in [-0.25, -0.2) is 0 Å². The van der Waals surface area contributed by atoms with Crippen molar-refractivity contribution in [1.29, 1.82) is 0 Å². The van der Waals surface area contributed by atoms with Crippen molar-refractivity contribution in [2.24, 2.45) is 0 Å². The lowest BCUT2D eigenvalue weighted by molar-refractivity contribution is 0.102. The molecule has 0 radical (unpaired) electrons. The van der Waals surface area contributed by atoms with E-state index in [-0.39, 0.29) is 5.91 Å². The van der Waals surface area contributed by atoms with Gasteiger partial charge in [-0.1, -0.05) is 22.9 Å². The number of benzene rings is 1. The highest BCUT2D eigenvalue weighted by Crippen LogP contribution is 2.23. The van der Waals surface area contributed by atoms with Crippen LogP contribution in [-0.4, -0.2) is 16.1 Å². The molecule has 1 aromatic heterocycles. The summed E-state index contributed by atoms with van der Waals surface area (Å²) in [7, 11) is 0. The second-order valence-corrected chi connectivity index (χ2v) is 5.68. The number of aromatic nitrogens is 2. The van der Waals surface area contributed by atoms with Crippen molar-refractivity contribution in [2.75, 3.05) is 5.32 Å². The van der Waals surface area contributed by atoms with E-state index in [0.717, 1.165) is 5.01 Å². The second kappa shape index (κ2) is 5.12. The molecule has 88 valence electrons. The van der Waals surface area contributed by atoms with Gasteiger partial charge in [0.2, 0.25) is 5.13 Å². The fraction of sp³-hybridized carbons (Fsp3) is 0.100. The molecule has 1 N–H and O–H groups in total. The zero-order valence-corrected chi connectivity index (χ0v) is 11.9. The Hall–Kier alpha value is -0.980. The molecule has 2 rings (SSSR count). The molecule has 0 spiro atoms. The molecule has 1 heterocycles. The number of halogens is 2. The van der Waals surface area contributed by atoms with E-state index in [9.17, 15) is 4.79 Å². The van der Waals surface area contributed by atoms with Crippen molar-refractivity contribution in [3.63, 3.8) is 0 Å². The average Bonchev–Trinajstić information content (AvgIpc) is 2.63. The van der Waals surface area contributed by atoms with Gasteiger partial charge < -0.3 is 0 Å². The molecule has 0 saturated carbocycles. The van der Waals surface area contributed by atoms with Crippen molar-refractivity contribution in [2.45, 2.75) is 6.92 Å². The van der Waals surface area contributed by atoms with E-state index in [4.69, 9.17) is 11.6 Å². The molecule has 0 saturated heterocycles. The van der Waals surface area contributed by atoms with Gasteiger partial charge in [-0.3, -0.25) is 10.1 Å². The molecule has 0 aliphatic heterocycles. The minimum absolute atomic E-state index is 0.246. The normalized spacial score (nSPS) is 10.3. The van der Waals surface area contributed by atoms with Gasteiger partial charge >= 0.3 is 0 Å². The summed E-state index contributed by atoms with van der Waals surface area (Å²) in [5.41, 5.74) is 0.502. The molecular formula is C10H7BrClN3OS. The molecular weight excluding hydrogens is 326 g/mol. The van der Waals surface area contributed by atoms with Gasteiger partial charge in [-0.05, 0) is 41.1 Å². The number of nitrogens with one attached hydrogen (secondary N) is 1. The maximum atomic E-state index is 11.9. The summed E-state index contributed by atoms with van der Waals surface area (Å²) in [6.07, 6.45) is 0. The largest absolute Gasteiger partial charge is 0.296 e. The van der Waals surface area contributed by atoms with E-state index in [2.05, 4.69) is 31.4 Å². The van der Waals surface area contributed by atoms with Gasteiger partial charge in [-0.15, -0.1) is 10.2 Å². The first-order valence-electron chi connectivity index (χ1n) is 4.63. The highest BCUT2D eigenvalue weighted by molar-refractivity contribution is 9.10. The van der Waals surface area contributed by atoms with E-state index in [0.29, 0.717) is 20.2 Å².